The van der Waals surface area contributed by atoms with Crippen LogP contribution in [0, 0.1) is 5.92 Å². The van der Waals surface area contributed by atoms with Crippen molar-refractivity contribution in [1.29, 1.82) is 0 Å². The Kier molecular flexibility index (Phi) is 2.33. The number of benzene rings is 1. The van der Waals surface area contributed by atoms with E-state index in [0.29, 0.717) is 5.92 Å². The number of fused-ring (bicyclic) bond motifs is 3. The normalized spacial score (nSPS) is 27.3. The first-order valence-corrected chi connectivity index (χ1v) is 5.87. The lowest BCUT2D eigenvalue weighted by atomic mass is 9.84. The van der Waals surface area contributed by atoms with E-state index in [-0.39, 0.29) is 11.8 Å². The number of anilines is 1. The minimum absolute atomic E-state index is 0.0830. The standard InChI is InChI=1S/C13H16N2O2/c1-15-6-9-8-4-3-5-11(17-2)12(8)14-13(16)10(9)7-15/h3-5,9-10H,6-7H2,1-2H3,(H,14,16)/t9-,10+/m0/s1. The minimum atomic E-state index is 0.0830. The first kappa shape index (κ1) is 10.6. The Bertz CT molecular complexity index is 472. The minimum Gasteiger partial charge on any atom is -0.495 e. The molecular weight excluding hydrogens is 216 g/mol. The number of hydrogen-bond donors (Lipinski definition) is 1. The number of carbonyl (C=O) groups excluding carboxylic acids is 1. The van der Waals surface area contributed by atoms with Crippen LogP contribution in [-0.2, 0) is 4.79 Å². The van der Waals surface area contributed by atoms with Gasteiger partial charge in [-0.2, -0.15) is 0 Å². The summed E-state index contributed by atoms with van der Waals surface area (Å²) in [4.78, 5) is 14.3. The van der Waals surface area contributed by atoms with Crippen LogP contribution in [0.5, 0.6) is 5.75 Å². The fourth-order valence-electron chi connectivity index (χ4n) is 2.96. The Morgan fingerprint density at radius 2 is 2.12 bits per heavy atom. The highest BCUT2D eigenvalue weighted by Gasteiger charge is 2.42. The quantitative estimate of drug-likeness (QED) is 0.793. The second-order valence-corrected chi connectivity index (χ2v) is 4.85. The number of likely N-dealkylation sites (N-methyl/N-ethyl adjacent to an activating group) is 1. The maximum Gasteiger partial charge on any atom is 0.229 e. The van der Waals surface area contributed by atoms with Crippen molar-refractivity contribution < 1.29 is 9.53 Å². The fourth-order valence-corrected chi connectivity index (χ4v) is 2.96. The molecule has 0 aliphatic carbocycles. The van der Waals surface area contributed by atoms with Gasteiger partial charge >= 0.3 is 0 Å². The number of nitrogens with one attached hydrogen (secondary N) is 1. The van der Waals surface area contributed by atoms with E-state index in [9.17, 15) is 4.79 Å². The molecule has 3 rings (SSSR count). The summed E-state index contributed by atoms with van der Waals surface area (Å²) in [5.41, 5.74) is 2.06. The molecule has 1 saturated heterocycles. The van der Waals surface area contributed by atoms with E-state index in [2.05, 4.69) is 23.3 Å². The van der Waals surface area contributed by atoms with Crippen molar-refractivity contribution in [2.75, 3.05) is 32.6 Å². The van der Waals surface area contributed by atoms with Gasteiger partial charge in [-0.3, -0.25) is 4.79 Å². The molecule has 1 amide bonds. The fraction of sp³-hybridized carbons (Fsp3) is 0.462. The van der Waals surface area contributed by atoms with Gasteiger partial charge in [-0.15, -0.1) is 0 Å². The van der Waals surface area contributed by atoms with E-state index in [4.69, 9.17) is 4.74 Å². The highest BCUT2D eigenvalue weighted by atomic mass is 16.5. The molecular formula is C13H16N2O2. The number of para-hydroxylation sites is 1. The SMILES string of the molecule is COc1cccc2c1NC(=O)[C@@H]1CN(C)C[C@@H]21. The zero-order chi connectivity index (χ0) is 12.0. The number of ether oxygens (including phenoxy) is 1. The van der Waals surface area contributed by atoms with Crippen molar-refractivity contribution in [3.05, 3.63) is 23.8 Å². The second kappa shape index (κ2) is 3.74. The monoisotopic (exact) mass is 232 g/mol. The second-order valence-electron chi connectivity index (χ2n) is 4.85. The van der Waals surface area contributed by atoms with Crippen molar-refractivity contribution in [2.24, 2.45) is 5.92 Å². The molecule has 90 valence electrons. The van der Waals surface area contributed by atoms with Gasteiger partial charge in [0, 0.05) is 19.0 Å². The van der Waals surface area contributed by atoms with Gasteiger partial charge in [0.15, 0.2) is 0 Å². The van der Waals surface area contributed by atoms with Crippen molar-refractivity contribution in [3.63, 3.8) is 0 Å². The van der Waals surface area contributed by atoms with Crippen LogP contribution in [0.25, 0.3) is 0 Å². The van der Waals surface area contributed by atoms with Gasteiger partial charge in [0.25, 0.3) is 0 Å². The largest absolute Gasteiger partial charge is 0.495 e. The average Bonchev–Trinajstić information content (AvgIpc) is 2.71. The first-order valence-electron chi connectivity index (χ1n) is 5.87. The molecule has 0 unspecified atom stereocenters. The molecule has 4 heteroatoms. The van der Waals surface area contributed by atoms with E-state index < -0.39 is 0 Å². The van der Waals surface area contributed by atoms with Crippen LogP contribution in [0.3, 0.4) is 0 Å². The van der Waals surface area contributed by atoms with Crippen LogP contribution in [0.1, 0.15) is 11.5 Å². The van der Waals surface area contributed by atoms with Gasteiger partial charge in [-0.25, -0.2) is 0 Å². The van der Waals surface area contributed by atoms with Crippen molar-refractivity contribution in [2.45, 2.75) is 5.92 Å². The predicted octanol–water partition coefficient (Wildman–Crippen LogP) is 1.29. The topological polar surface area (TPSA) is 41.6 Å². The third-order valence-corrected chi connectivity index (χ3v) is 3.77. The molecule has 2 aliphatic rings. The number of amides is 1. The summed E-state index contributed by atoms with van der Waals surface area (Å²) in [5, 5.41) is 2.98. The molecule has 2 aliphatic heterocycles. The molecule has 1 N–H and O–H groups in total. The van der Waals surface area contributed by atoms with Gasteiger partial charge < -0.3 is 15.0 Å². The summed E-state index contributed by atoms with van der Waals surface area (Å²) in [5.74, 6) is 1.26. The molecule has 0 saturated carbocycles. The van der Waals surface area contributed by atoms with Gasteiger partial charge in [0.05, 0.1) is 18.7 Å². The van der Waals surface area contributed by atoms with E-state index in [1.807, 2.05) is 12.1 Å². The zero-order valence-electron chi connectivity index (χ0n) is 10.1. The van der Waals surface area contributed by atoms with Crippen LogP contribution in [0.4, 0.5) is 5.69 Å². The molecule has 17 heavy (non-hydrogen) atoms. The van der Waals surface area contributed by atoms with E-state index in [0.717, 1.165) is 24.5 Å². The molecule has 0 bridgehead atoms. The smallest absolute Gasteiger partial charge is 0.229 e. The van der Waals surface area contributed by atoms with Crippen LogP contribution in [0.15, 0.2) is 18.2 Å². The molecule has 1 aromatic rings. The average molecular weight is 232 g/mol. The van der Waals surface area contributed by atoms with Gasteiger partial charge in [0.2, 0.25) is 5.91 Å². The molecule has 2 heterocycles. The van der Waals surface area contributed by atoms with Gasteiger partial charge in [-0.1, -0.05) is 12.1 Å². The summed E-state index contributed by atoms with van der Waals surface area (Å²) in [7, 11) is 3.69. The highest BCUT2D eigenvalue weighted by molar-refractivity contribution is 5.98. The lowest BCUT2D eigenvalue weighted by Crippen LogP contribution is -2.33. The number of methoxy groups -OCH3 is 1. The van der Waals surface area contributed by atoms with E-state index >= 15 is 0 Å². The Morgan fingerprint density at radius 3 is 2.88 bits per heavy atom. The Balaban J connectivity index is 2.10. The highest BCUT2D eigenvalue weighted by Crippen LogP contribution is 2.43. The van der Waals surface area contributed by atoms with Crippen LogP contribution in [0.2, 0.25) is 0 Å². The molecule has 0 aromatic heterocycles. The van der Waals surface area contributed by atoms with Crippen molar-refractivity contribution in [1.82, 2.24) is 4.90 Å². The molecule has 2 atom stereocenters. The van der Waals surface area contributed by atoms with Crippen molar-refractivity contribution >= 4 is 11.6 Å². The summed E-state index contributed by atoms with van der Waals surface area (Å²) < 4.78 is 5.31. The third-order valence-electron chi connectivity index (χ3n) is 3.77. The molecule has 1 aromatic carbocycles. The number of carbonyl (C=O) groups is 1. The third kappa shape index (κ3) is 1.52. The summed E-state index contributed by atoms with van der Waals surface area (Å²) in [6.45, 7) is 1.78. The Hall–Kier alpha value is -1.55. The molecule has 1 fully saturated rings. The number of rotatable bonds is 1. The van der Waals surface area contributed by atoms with Crippen LogP contribution >= 0.6 is 0 Å². The van der Waals surface area contributed by atoms with Crippen LogP contribution in [-0.4, -0.2) is 38.1 Å². The zero-order valence-corrected chi connectivity index (χ0v) is 10.1. The predicted molar refractivity (Wildman–Crippen MR) is 65.4 cm³/mol. The lowest BCUT2D eigenvalue weighted by Gasteiger charge is -2.28. The van der Waals surface area contributed by atoms with Gasteiger partial charge in [-0.05, 0) is 18.7 Å². The summed E-state index contributed by atoms with van der Waals surface area (Å²) in [6, 6.07) is 5.97. The summed E-state index contributed by atoms with van der Waals surface area (Å²) in [6.07, 6.45) is 0. The van der Waals surface area contributed by atoms with E-state index in [1.165, 1.54) is 5.56 Å². The maximum atomic E-state index is 12.1. The number of nitrogens with zero attached hydrogens (tertiary/aromatic N) is 1. The molecule has 0 spiro atoms. The number of likely N-dealkylation sites (tertiary alicyclic amines) is 1. The summed E-state index contributed by atoms with van der Waals surface area (Å²) >= 11 is 0. The Morgan fingerprint density at radius 1 is 1.35 bits per heavy atom. The Labute approximate surface area is 101 Å². The molecule has 4 nitrogen and oxygen atoms in total. The molecule has 0 radical (unpaired) electrons. The lowest BCUT2D eigenvalue weighted by molar-refractivity contribution is -0.120. The van der Waals surface area contributed by atoms with E-state index in [1.54, 1.807) is 7.11 Å². The maximum absolute atomic E-state index is 12.1. The first-order chi connectivity index (χ1) is 8.20. The van der Waals surface area contributed by atoms with Gasteiger partial charge in [0.1, 0.15) is 5.75 Å². The van der Waals surface area contributed by atoms with Crippen molar-refractivity contribution in [3.8, 4) is 5.75 Å². The number of hydrogen-bond acceptors (Lipinski definition) is 3. The van der Waals surface area contributed by atoms with Crippen LogP contribution < -0.4 is 10.1 Å².